The van der Waals surface area contributed by atoms with Crippen molar-refractivity contribution in [1.82, 2.24) is 19.9 Å². The van der Waals surface area contributed by atoms with E-state index in [-0.39, 0.29) is 5.88 Å². The highest BCUT2D eigenvalue weighted by Gasteiger charge is 2.17. The predicted octanol–water partition coefficient (Wildman–Crippen LogP) is 3.31. The molecule has 1 aromatic carbocycles. The number of nitrogens with zero attached hydrogens (tertiary/aromatic N) is 3. The van der Waals surface area contributed by atoms with Gasteiger partial charge in [0.15, 0.2) is 0 Å². The van der Waals surface area contributed by atoms with Gasteiger partial charge in [-0.05, 0) is 19.1 Å². The highest BCUT2D eigenvalue weighted by Crippen LogP contribution is 2.35. The summed E-state index contributed by atoms with van der Waals surface area (Å²) in [7, 11) is 0. The largest absolute Gasteiger partial charge is 0.494 e. The molecule has 4 rings (SSSR count). The number of aromatic amines is 1. The van der Waals surface area contributed by atoms with Crippen molar-refractivity contribution in [3.05, 3.63) is 42.6 Å². The second-order valence-corrected chi connectivity index (χ2v) is 5.22. The van der Waals surface area contributed by atoms with E-state index in [1.165, 1.54) is 0 Å². The van der Waals surface area contributed by atoms with Crippen LogP contribution in [0.4, 0.5) is 5.95 Å². The minimum atomic E-state index is 0.0470. The van der Waals surface area contributed by atoms with Crippen LogP contribution in [0.1, 0.15) is 6.92 Å². The maximum absolute atomic E-state index is 10.3. The number of fused-ring (bicyclic) bond motifs is 2. The quantitative estimate of drug-likeness (QED) is 0.540. The van der Waals surface area contributed by atoms with E-state index in [1.807, 2.05) is 43.3 Å². The fourth-order valence-electron chi connectivity index (χ4n) is 2.66. The number of hydrogen-bond acceptors (Lipinski definition) is 5. The summed E-state index contributed by atoms with van der Waals surface area (Å²) >= 11 is 0. The number of pyridine rings is 1. The van der Waals surface area contributed by atoms with Crippen LogP contribution in [0, 0.1) is 0 Å². The molecule has 3 heterocycles. The average Bonchev–Trinajstić information content (AvgIpc) is 2.90. The molecule has 0 spiro atoms. The van der Waals surface area contributed by atoms with Gasteiger partial charge in [-0.3, -0.25) is 0 Å². The van der Waals surface area contributed by atoms with E-state index in [0.29, 0.717) is 28.2 Å². The average molecular weight is 305 g/mol. The van der Waals surface area contributed by atoms with Crippen molar-refractivity contribution in [3.8, 4) is 17.1 Å². The van der Waals surface area contributed by atoms with E-state index in [9.17, 15) is 5.11 Å². The van der Waals surface area contributed by atoms with Crippen molar-refractivity contribution >= 4 is 27.9 Å². The van der Waals surface area contributed by atoms with Gasteiger partial charge in [-0.2, -0.15) is 0 Å². The van der Waals surface area contributed by atoms with Crippen molar-refractivity contribution in [1.29, 1.82) is 0 Å². The van der Waals surface area contributed by atoms with E-state index < -0.39 is 0 Å². The minimum absolute atomic E-state index is 0.0470. The molecule has 0 aliphatic heterocycles. The predicted molar refractivity (Wildman–Crippen MR) is 90.5 cm³/mol. The Labute approximate surface area is 132 Å². The van der Waals surface area contributed by atoms with Crippen LogP contribution in [0.2, 0.25) is 0 Å². The highest BCUT2D eigenvalue weighted by molar-refractivity contribution is 5.96. The summed E-state index contributed by atoms with van der Waals surface area (Å²) in [4.78, 5) is 16.2. The fraction of sp³-hybridized carbons (Fsp3) is 0.118. The van der Waals surface area contributed by atoms with Gasteiger partial charge in [0.05, 0.1) is 28.5 Å². The van der Waals surface area contributed by atoms with Crippen LogP contribution in [0.15, 0.2) is 42.6 Å². The first kappa shape index (κ1) is 13.5. The molecule has 3 aromatic heterocycles. The Bertz CT molecular complexity index is 1010. The molecule has 6 heteroatoms. The zero-order chi connectivity index (χ0) is 15.8. The van der Waals surface area contributed by atoms with E-state index >= 15 is 0 Å². The van der Waals surface area contributed by atoms with Crippen LogP contribution in [-0.4, -0.2) is 31.6 Å². The monoisotopic (exact) mass is 305 g/mol. The van der Waals surface area contributed by atoms with Crippen LogP contribution in [0.5, 0.6) is 5.88 Å². The number of para-hydroxylation sites is 1. The fourth-order valence-corrected chi connectivity index (χ4v) is 2.66. The van der Waals surface area contributed by atoms with Gasteiger partial charge in [-0.15, -0.1) is 0 Å². The summed E-state index contributed by atoms with van der Waals surface area (Å²) in [6.07, 6.45) is 1.66. The standard InChI is InChI=1S/C17H15N5O/c1-2-18-17-19-9-13-15(22-17)14(16(23)21-13)12-8-7-10-5-3-4-6-11(10)20-12/h3-9,21,23H,2H2,1H3,(H,18,19,22). The first-order valence-corrected chi connectivity index (χ1v) is 7.44. The second-order valence-electron chi connectivity index (χ2n) is 5.22. The lowest BCUT2D eigenvalue weighted by molar-refractivity contribution is 0.460. The number of aromatic nitrogens is 4. The summed E-state index contributed by atoms with van der Waals surface area (Å²) in [6, 6.07) is 11.8. The molecule has 0 radical (unpaired) electrons. The van der Waals surface area contributed by atoms with Gasteiger partial charge in [0.2, 0.25) is 11.8 Å². The van der Waals surface area contributed by atoms with Gasteiger partial charge >= 0.3 is 0 Å². The third kappa shape index (κ3) is 2.24. The van der Waals surface area contributed by atoms with E-state index in [0.717, 1.165) is 17.4 Å². The molecule has 0 amide bonds. The third-order valence-corrected chi connectivity index (χ3v) is 3.70. The zero-order valence-corrected chi connectivity index (χ0v) is 12.5. The smallest absolute Gasteiger partial charge is 0.223 e. The Kier molecular flexibility index (Phi) is 3.08. The Balaban J connectivity index is 1.94. The van der Waals surface area contributed by atoms with Crippen LogP contribution < -0.4 is 5.32 Å². The number of aromatic hydroxyl groups is 1. The Hall–Kier alpha value is -3.15. The van der Waals surface area contributed by atoms with E-state index in [2.05, 4.69) is 25.3 Å². The summed E-state index contributed by atoms with van der Waals surface area (Å²) in [6.45, 7) is 2.71. The number of hydrogen-bond donors (Lipinski definition) is 3. The van der Waals surface area contributed by atoms with Crippen molar-refractivity contribution in [2.24, 2.45) is 0 Å². The maximum Gasteiger partial charge on any atom is 0.223 e. The lowest BCUT2D eigenvalue weighted by atomic mass is 10.1. The lowest BCUT2D eigenvalue weighted by Crippen LogP contribution is -2.01. The van der Waals surface area contributed by atoms with Crippen molar-refractivity contribution in [2.45, 2.75) is 6.92 Å². The topological polar surface area (TPSA) is 86.7 Å². The molecule has 0 aliphatic carbocycles. The van der Waals surface area contributed by atoms with Crippen molar-refractivity contribution < 1.29 is 5.11 Å². The molecule has 6 nitrogen and oxygen atoms in total. The number of H-pyrrole nitrogens is 1. The van der Waals surface area contributed by atoms with Crippen LogP contribution in [0.25, 0.3) is 33.2 Å². The minimum Gasteiger partial charge on any atom is -0.494 e. The number of benzene rings is 1. The zero-order valence-electron chi connectivity index (χ0n) is 12.5. The van der Waals surface area contributed by atoms with Gasteiger partial charge in [0, 0.05) is 11.9 Å². The Morgan fingerprint density at radius 2 is 2.00 bits per heavy atom. The first-order chi connectivity index (χ1) is 11.3. The normalized spacial score (nSPS) is 11.2. The molecule has 0 fully saturated rings. The van der Waals surface area contributed by atoms with Gasteiger partial charge in [0.25, 0.3) is 0 Å². The number of nitrogens with one attached hydrogen (secondary N) is 2. The molecular weight excluding hydrogens is 290 g/mol. The van der Waals surface area contributed by atoms with Gasteiger partial charge in [0.1, 0.15) is 5.52 Å². The third-order valence-electron chi connectivity index (χ3n) is 3.70. The van der Waals surface area contributed by atoms with Gasteiger partial charge in [-0.1, -0.05) is 24.3 Å². The van der Waals surface area contributed by atoms with Crippen molar-refractivity contribution in [3.63, 3.8) is 0 Å². The van der Waals surface area contributed by atoms with E-state index in [1.54, 1.807) is 6.20 Å². The number of rotatable bonds is 3. The summed E-state index contributed by atoms with van der Waals surface area (Å²) in [5.41, 5.74) is 3.46. The SMILES string of the molecule is CCNc1ncc2[nH]c(O)c(-c3ccc4ccccc4n3)c2n1. The molecule has 114 valence electrons. The maximum atomic E-state index is 10.3. The first-order valence-electron chi connectivity index (χ1n) is 7.44. The molecule has 23 heavy (non-hydrogen) atoms. The molecule has 0 unspecified atom stereocenters. The highest BCUT2D eigenvalue weighted by atomic mass is 16.3. The molecule has 0 atom stereocenters. The van der Waals surface area contributed by atoms with Gasteiger partial charge in [-0.25, -0.2) is 15.0 Å². The van der Waals surface area contributed by atoms with Gasteiger partial charge < -0.3 is 15.4 Å². The summed E-state index contributed by atoms with van der Waals surface area (Å²) < 4.78 is 0. The Morgan fingerprint density at radius 3 is 2.87 bits per heavy atom. The molecule has 0 bridgehead atoms. The Morgan fingerprint density at radius 1 is 1.13 bits per heavy atom. The van der Waals surface area contributed by atoms with Crippen LogP contribution in [0.3, 0.4) is 0 Å². The molecule has 0 aliphatic rings. The van der Waals surface area contributed by atoms with Crippen molar-refractivity contribution in [2.75, 3.05) is 11.9 Å². The van der Waals surface area contributed by atoms with Crippen LogP contribution >= 0.6 is 0 Å². The summed E-state index contributed by atoms with van der Waals surface area (Å²) in [5, 5.41) is 14.4. The molecule has 4 aromatic rings. The molecular formula is C17H15N5O. The van der Waals surface area contributed by atoms with E-state index in [4.69, 9.17) is 0 Å². The number of anilines is 1. The molecule has 0 saturated heterocycles. The lowest BCUT2D eigenvalue weighted by Gasteiger charge is -2.04. The molecule has 3 N–H and O–H groups in total. The summed E-state index contributed by atoms with van der Waals surface area (Å²) in [5.74, 6) is 0.576. The molecule has 0 saturated carbocycles. The van der Waals surface area contributed by atoms with Crippen LogP contribution in [-0.2, 0) is 0 Å². The second kappa shape index (κ2) is 5.24.